The van der Waals surface area contributed by atoms with Crippen LogP contribution in [0.25, 0.3) is 0 Å². The molecule has 1 unspecified atom stereocenters. The summed E-state index contributed by atoms with van der Waals surface area (Å²) in [5, 5.41) is 0. The van der Waals surface area contributed by atoms with Crippen molar-refractivity contribution in [1.82, 2.24) is 0 Å². The summed E-state index contributed by atoms with van der Waals surface area (Å²) in [4.78, 5) is 12.9. The van der Waals surface area contributed by atoms with Gasteiger partial charge in [-0.3, -0.25) is 4.79 Å². The van der Waals surface area contributed by atoms with Crippen LogP contribution in [0.2, 0.25) is 0 Å². The summed E-state index contributed by atoms with van der Waals surface area (Å²) in [7, 11) is 1.67. The molecule has 1 aliphatic carbocycles. The molecule has 2 aliphatic rings. The van der Waals surface area contributed by atoms with Crippen molar-refractivity contribution in [1.29, 1.82) is 0 Å². The third-order valence-electron chi connectivity index (χ3n) is 6.17. The third-order valence-corrected chi connectivity index (χ3v) is 6.17. The highest BCUT2D eigenvalue weighted by atomic mass is 16.7. The van der Waals surface area contributed by atoms with E-state index < -0.39 is 0 Å². The SMILES string of the molecule is COc1ccc(C(CC(=O)CCC2OCCO2)c2ccccc2)cc1OC1CCCC1. The van der Waals surface area contributed by atoms with Crippen molar-refractivity contribution in [2.24, 2.45) is 0 Å². The van der Waals surface area contributed by atoms with Crippen LogP contribution in [0.4, 0.5) is 0 Å². The molecular weight excluding hydrogens is 392 g/mol. The van der Waals surface area contributed by atoms with Gasteiger partial charge >= 0.3 is 0 Å². The van der Waals surface area contributed by atoms with Gasteiger partial charge in [-0.05, 0) is 48.9 Å². The van der Waals surface area contributed by atoms with E-state index in [1.807, 2.05) is 24.3 Å². The maximum absolute atomic E-state index is 12.9. The number of carbonyl (C=O) groups excluding carboxylic acids is 1. The smallest absolute Gasteiger partial charge is 0.161 e. The molecule has 0 aromatic heterocycles. The standard InChI is InChI=1S/C26H32O5/c1-28-24-13-11-20(17-25(24)31-22-9-5-6-10-22)23(19-7-3-2-4-8-19)18-21(27)12-14-26-29-15-16-30-26/h2-4,7-8,11,13,17,22-23,26H,5-6,9-10,12,14-16,18H2,1H3. The van der Waals surface area contributed by atoms with Crippen molar-refractivity contribution < 1.29 is 23.7 Å². The molecule has 0 bridgehead atoms. The van der Waals surface area contributed by atoms with Gasteiger partial charge in [0.05, 0.1) is 26.4 Å². The van der Waals surface area contributed by atoms with E-state index in [4.69, 9.17) is 18.9 Å². The summed E-state index contributed by atoms with van der Waals surface area (Å²) in [5.74, 6) is 1.69. The maximum atomic E-state index is 12.9. The predicted molar refractivity (Wildman–Crippen MR) is 119 cm³/mol. The minimum atomic E-state index is -0.244. The Morgan fingerprint density at radius 3 is 2.45 bits per heavy atom. The quantitative estimate of drug-likeness (QED) is 0.521. The molecule has 0 amide bonds. The van der Waals surface area contributed by atoms with Crippen molar-refractivity contribution >= 4 is 5.78 Å². The lowest BCUT2D eigenvalue weighted by molar-refractivity contribution is -0.121. The van der Waals surface area contributed by atoms with Crippen LogP contribution in [0.3, 0.4) is 0 Å². The number of methoxy groups -OCH3 is 1. The normalized spacial score (nSPS) is 18.2. The van der Waals surface area contributed by atoms with Gasteiger partial charge in [0.15, 0.2) is 17.8 Å². The maximum Gasteiger partial charge on any atom is 0.161 e. The summed E-state index contributed by atoms with van der Waals surface area (Å²) < 4.78 is 22.8. The first-order valence-corrected chi connectivity index (χ1v) is 11.4. The minimum Gasteiger partial charge on any atom is -0.493 e. The zero-order valence-electron chi connectivity index (χ0n) is 18.3. The highest BCUT2D eigenvalue weighted by molar-refractivity contribution is 5.80. The van der Waals surface area contributed by atoms with Crippen LogP contribution >= 0.6 is 0 Å². The fourth-order valence-corrected chi connectivity index (χ4v) is 4.48. The van der Waals surface area contributed by atoms with Gasteiger partial charge in [0, 0.05) is 25.2 Å². The van der Waals surface area contributed by atoms with Crippen LogP contribution in [0.15, 0.2) is 48.5 Å². The fourth-order valence-electron chi connectivity index (χ4n) is 4.48. The highest BCUT2D eigenvalue weighted by Crippen LogP contribution is 2.37. The molecule has 31 heavy (non-hydrogen) atoms. The van der Waals surface area contributed by atoms with E-state index in [-0.39, 0.29) is 24.1 Å². The minimum absolute atomic E-state index is 0.0315. The van der Waals surface area contributed by atoms with Crippen LogP contribution in [0.5, 0.6) is 11.5 Å². The Hall–Kier alpha value is -2.37. The molecule has 2 aromatic rings. The first-order valence-electron chi connectivity index (χ1n) is 11.4. The van der Waals surface area contributed by atoms with E-state index in [9.17, 15) is 4.79 Å². The second-order valence-corrected chi connectivity index (χ2v) is 8.35. The Morgan fingerprint density at radius 1 is 1.00 bits per heavy atom. The Bertz CT molecular complexity index is 838. The van der Waals surface area contributed by atoms with E-state index in [0.29, 0.717) is 32.5 Å². The lowest BCUT2D eigenvalue weighted by Crippen LogP contribution is -2.14. The molecule has 5 nitrogen and oxygen atoms in total. The second-order valence-electron chi connectivity index (χ2n) is 8.35. The van der Waals surface area contributed by atoms with Gasteiger partial charge in [-0.15, -0.1) is 0 Å². The lowest BCUT2D eigenvalue weighted by atomic mass is 9.86. The van der Waals surface area contributed by atoms with Crippen molar-refractivity contribution in [3.8, 4) is 11.5 Å². The average Bonchev–Trinajstić information content (AvgIpc) is 3.51. The van der Waals surface area contributed by atoms with Gasteiger partial charge < -0.3 is 18.9 Å². The van der Waals surface area contributed by atoms with Gasteiger partial charge in [0.1, 0.15) is 5.78 Å². The molecule has 1 saturated carbocycles. The van der Waals surface area contributed by atoms with Gasteiger partial charge in [-0.25, -0.2) is 0 Å². The molecule has 0 radical (unpaired) electrons. The van der Waals surface area contributed by atoms with Crippen molar-refractivity contribution in [2.45, 2.75) is 63.3 Å². The summed E-state index contributed by atoms with van der Waals surface area (Å²) in [6.45, 7) is 1.22. The number of hydrogen-bond donors (Lipinski definition) is 0. The Labute approximate surface area is 184 Å². The summed E-state index contributed by atoms with van der Waals surface area (Å²) in [6, 6.07) is 16.3. The first-order chi connectivity index (χ1) is 15.2. The Kier molecular flexibility index (Phi) is 7.60. The number of rotatable bonds is 10. The number of benzene rings is 2. The van der Waals surface area contributed by atoms with Crippen LogP contribution in [0.1, 0.15) is 62.0 Å². The molecule has 2 fully saturated rings. The van der Waals surface area contributed by atoms with Crippen LogP contribution < -0.4 is 9.47 Å². The molecule has 1 aliphatic heterocycles. The molecular formula is C26H32O5. The zero-order chi connectivity index (χ0) is 21.5. The number of carbonyl (C=O) groups is 1. The Morgan fingerprint density at radius 2 is 1.74 bits per heavy atom. The monoisotopic (exact) mass is 424 g/mol. The molecule has 1 saturated heterocycles. The molecule has 0 spiro atoms. The van der Waals surface area contributed by atoms with Crippen LogP contribution in [-0.4, -0.2) is 38.5 Å². The molecule has 2 aromatic carbocycles. The molecule has 0 N–H and O–H groups in total. The van der Waals surface area contributed by atoms with Gasteiger partial charge in [0.25, 0.3) is 0 Å². The lowest BCUT2D eigenvalue weighted by Gasteiger charge is -2.21. The van der Waals surface area contributed by atoms with E-state index in [0.717, 1.165) is 35.5 Å². The van der Waals surface area contributed by atoms with Gasteiger partial charge in [0.2, 0.25) is 0 Å². The second kappa shape index (κ2) is 10.8. The Balaban J connectivity index is 1.53. The van der Waals surface area contributed by atoms with Gasteiger partial charge in [-0.1, -0.05) is 36.4 Å². The number of ketones is 1. The molecule has 4 rings (SSSR count). The van der Waals surface area contributed by atoms with E-state index >= 15 is 0 Å². The largest absolute Gasteiger partial charge is 0.493 e. The van der Waals surface area contributed by atoms with E-state index in [2.05, 4.69) is 24.3 Å². The first kappa shape index (κ1) is 21.8. The number of Topliss-reactive ketones (excluding diaryl/α,β-unsaturated/α-hetero) is 1. The molecule has 5 heteroatoms. The van der Waals surface area contributed by atoms with E-state index in [1.54, 1.807) is 7.11 Å². The van der Waals surface area contributed by atoms with Crippen molar-refractivity contribution in [3.05, 3.63) is 59.7 Å². The van der Waals surface area contributed by atoms with Crippen molar-refractivity contribution in [3.63, 3.8) is 0 Å². The number of ether oxygens (including phenoxy) is 4. The summed E-state index contributed by atoms with van der Waals surface area (Å²) >= 11 is 0. The topological polar surface area (TPSA) is 54.0 Å². The van der Waals surface area contributed by atoms with Gasteiger partial charge in [-0.2, -0.15) is 0 Å². The van der Waals surface area contributed by atoms with E-state index in [1.165, 1.54) is 12.8 Å². The zero-order valence-corrected chi connectivity index (χ0v) is 18.3. The summed E-state index contributed by atoms with van der Waals surface area (Å²) in [6.07, 6.45) is 6.09. The third kappa shape index (κ3) is 5.86. The van der Waals surface area contributed by atoms with Crippen LogP contribution in [0, 0.1) is 0 Å². The fraction of sp³-hybridized carbons (Fsp3) is 0.500. The molecule has 166 valence electrons. The average molecular weight is 425 g/mol. The summed E-state index contributed by atoms with van der Waals surface area (Å²) in [5.41, 5.74) is 2.20. The number of hydrogen-bond acceptors (Lipinski definition) is 5. The van der Waals surface area contributed by atoms with Crippen molar-refractivity contribution in [2.75, 3.05) is 20.3 Å². The van der Waals surface area contributed by atoms with Crippen LogP contribution in [-0.2, 0) is 14.3 Å². The molecule has 1 heterocycles. The predicted octanol–water partition coefficient (Wildman–Crippen LogP) is 5.26. The molecule has 1 atom stereocenters. The highest BCUT2D eigenvalue weighted by Gasteiger charge is 2.24.